The molecule has 17 heteroatoms. The minimum absolute atomic E-state index is 0.0253. The summed E-state index contributed by atoms with van der Waals surface area (Å²) in [5.74, 6) is -0.874. The average molecular weight is 881 g/mol. The van der Waals surface area contributed by atoms with Gasteiger partial charge in [0.25, 0.3) is 11.6 Å². The second kappa shape index (κ2) is 23.6. The van der Waals surface area contributed by atoms with Gasteiger partial charge in [0, 0.05) is 36.5 Å². The third kappa shape index (κ3) is 13.6. The minimum atomic E-state index is -3.79. The molecule has 3 aromatic carbocycles. The van der Waals surface area contributed by atoms with Crippen molar-refractivity contribution in [3.63, 3.8) is 0 Å². The molecule has 0 bridgehead atoms. The average Bonchev–Trinajstić information content (AvgIpc) is 3.16. The number of rotatable bonds is 24. The molecule has 0 saturated heterocycles. The fourth-order valence-electron chi connectivity index (χ4n) is 6.44. The third-order valence-corrected chi connectivity index (χ3v) is 13.0. The Morgan fingerprint density at radius 1 is 0.914 bits per heavy atom. The molecule has 0 aliphatic carbocycles. The molecule has 1 amide bonds. The monoisotopic (exact) mass is 879 g/mol. The number of nitro benzene ring substituents is 1. The van der Waals surface area contributed by atoms with E-state index in [2.05, 4.69) is 17.4 Å². The van der Waals surface area contributed by atoms with Gasteiger partial charge in [0.05, 0.1) is 60.5 Å². The van der Waals surface area contributed by atoms with Crippen molar-refractivity contribution in [2.45, 2.75) is 116 Å². The van der Waals surface area contributed by atoms with Gasteiger partial charge in [-0.15, -0.1) is 0 Å². The summed E-state index contributed by atoms with van der Waals surface area (Å²) in [6, 6.07) is 7.99. The van der Waals surface area contributed by atoms with Crippen molar-refractivity contribution >= 4 is 85.9 Å². The Morgan fingerprint density at radius 2 is 1.55 bits per heavy atom. The summed E-state index contributed by atoms with van der Waals surface area (Å²) in [6.45, 7) is 10.9. The molecule has 3 aromatic rings. The fraction of sp³-hybridized carbons (Fsp3) is 0.488. The number of hydrogen-bond acceptors (Lipinski definition) is 12. The molecule has 0 fully saturated rings. The van der Waals surface area contributed by atoms with Gasteiger partial charge in [-0.2, -0.15) is 0 Å². The highest BCUT2D eigenvalue weighted by atomic mass is 35.5. The maximum absolute atomic E-state index is 14.5. The Morgan fingerprint density at radius 3 is 2.14 bits per heavy atom. The largest absolute Gasteiger partial charge is 0.481 e. The lowest BCUT2D eigenvalue weighted by atomic mass is 9.93. The molecule has 0 aliphatic heterocycles. The molecule has 0 heterocycles. The molecule has 318 valence electrons. The minimum Gasteiger partial charge on any atom is -0.481 e. The number of oxime groups is 1. The molecule has 0 saturated carbocycles. The van der Waals surface area contributed by atoms with Gasteiger partial charge in [-0.05, 0) is 87.7 Å². The van der Waals surface area contributed by atoms with Gasteiger partial charge in [-0.3, -0.25) is 14.9 Å². The van der Waals surface area contributed by atoms with E-state index in [9.17, 15) is 23.3 Å². The summed E-state index contributed by atoms with van der Waals surface area (Å²) < 4.78 is 36.9. The highest BCUT2D eigenvalue weighted by Crippen LogP contribution is 2.40. The van der Waals surface area contributed by atoms with Crippen molar-refractivity contribution in [3.05, 3.63) is 78.3 Å². The predicted molar refractivity (Wildman–Crippen MR) is 236 cm³/mol. The van der Waals surface area contributed by atoms with Crippen molar-refractivity contribution in [1.82, 2.24) is 0 Å². The second-order valence-electron chi connectivity index (χ2n) is 14.1. The van der Waals surface area contributed by atoms with Gasteiger partial charge >= 0.3 is 0 Å². The molecular weight excluding hydrogens is 826 g/mol. The molecule has 13 nitrogen and oxygen atoms in total. The molecule has 0 unspecified atom stereocenters. The number of nitrogens with zero attached hydrogens (tertiary/aromatic N) is 4. The molecule has 58 heavy (non-hydrogen) atoms. The number of benzene rings is 3. The molecule has 0 atom stereocenters. The first kappa shape index (κ1) is 48.5. The first-order valence-electron chi connectivity index (χ1n) is 19.4. The molecule has 3 rings (SSSR count). The highest BCUT2D eigenvalue weighted by molar-refractivity contribution is 7.94. The number of amides is 1. The Hall–Kier alpha value is -3.89. The second-order valence-corrected chi connectivity index (χ2v) is 17.7. The van der Waals surface area contributed by atoms with Crippen LogP contribution in [0.1, 0.15) is 106 Å². The lowest BCUT2D eigenvalue weighted by Crippen LogP contribution is -2.26. The summed E-state index contributed by atoms with van der Waals surface area (Å²) in [5, 5.41) is 18.6. The molecule has 0 spiro atoms. The van der Waals surface area contributed by atoms with Gasteiger partial charge in [-0.25, -0.2) is 18.4 Å². The van der Waals surface area contributed by atoms with E-state index in [4.69, 9.17) is 42.3 Å². The van der Waals surface area contributed by atoms with E-state index in [0.29, 0.717) is 36.3 Å². The first-order chi connectivity index (χ1) is 27.5. The van der Waals surface area contributed by atoms with E-state index in [1.54, 1.807) is 26.8 Å². The summed E-state index contributed by atoms with van der Waals surface area (Å²) >= 11 is 13.9. The molecule has 0 radical (unpaired) electrons. The van der Waals surface area contributed by atoms with E-state index >= 15 is 0 Å². The number of anilines is 2. The molecule has 0 aromatic heterocycles. The van der Waals surface area contributed by atoms with Crippen LogP contribution in [0.15, 0.2) is 50.3 Å². The van der Waals surface area contributed by atoms with E-state index in [-0.39, 0.29) is 59.4 Å². The maximum atomic E-state index is 14.5. The third-order valence-electron chi connectivity index (χ3n) is 9.55. The fourth-order valence-corrected chi connectivity index (χ4v) is 9.28. The number of sulfone groups is 1. The van der Waals surface area contributed by atoms with E-state index in [1.165, 1.54) is 51.2 Å². The van der Waals surface area contributed by atoms with Crippen LogP contribution in [-0.4, -0.2) is 57.8 Å². The zero-order valence-electron chi connectivity index (χ0n) is 34.6. The van der Waals surface area contributed by atoms with Crippen LogP contribution < -0.4 is 10.2 Å². The number of nitro groups is 1. The lowest BCUT2D eigenvalue weighted by molar-refractivity contribution is -0.386. The number of carbonyl (C=O) groups is 1. The summed E-state index contributed by atoms with van der Waals surface area (Å²) in [7, 11) is -0.000291. The highest BCUT2D eigenvalue weighted by Gasteiger charge is 2.31. The topological polar surface area (TPSA) is 162 Å². The summed E-state index contributed by atoms with van der Waals surface area (Å²) in [6.07, 6.45) is 11.7. The Balaban J connectivity index is 2.01. The van der Waals surface area contributed by atoms with Crippen LogP contribution in [0.25, 0.3) is 0 Å². The van der Waals surface area contributed by atoms with Gasteiger partial charge in [0.15, 0.2) is 9.84 Å². The van der Waals surface area contributed by atoms with Crippen molar-refractivity contribution in [1.29, 1.82) is 0 Å². The summed E-state index contributed by atoms with van der Waals surface area (Å²) in [5.41, 5.74) is 2.66. The van der Waals surface area contributed by atoms with Crippen molar-refractivity contribution in [2.75, 3.05) is 36.7 Å². The van der Waals surface area contributed by atoms with Crippen molar-refractivity contribution < 1.29 is 32.2 Å². The molecule has 1 N–H and O–H groups in total. The van der Waals surface area contributed by atoms with Crippen LogP contribution >= 0.6 is 35.2 Å². The van der Waals surface area contributed by atoms with Gasteiger partial charge in [0.1, 0.15) is 5.71 Å². The Kier molecular flexibility index (Phi) is 19.8. The standard InChI is InChI=1S/C41H55Cl2N5O8S2/c1-9-11-12-13-14-15-16-17-18-19-22-58(52,53)36-25-32(42)35(24-33(36)43)46-41(49)38(45-34-21-20-31(47(7)8)23-27(34)3)37-28(4)39(48(50)51)30(6)40(29(37)5)57-56-55-44-26-54-10-2/h20-21,23-26H,9-19,22H2,1-8H3,(H,46,49)/b44-26+,45-38?. The van der Waals surface area contributed by atoms with E-state index < -0.39 is 20.7 Å². The van der Waals surface area contributed by atoms with E-state index in [1.807, 2.05) is 38.1 Å². The summed E-state index contributed by atoms with van der Waals surface area (Å²) in [4.78, 5) is 38.2. The SMILES string of the molecule is CCCCCCCCCCCCS(=O)(=O)c1cc(Cl)c(NC(=O)C(=Nc2ccc(N(C)C)cc2C)c2c(C)c(SOO/N=C/OCC)c(C)c([N+](=O)[O-])c2C)cc1Cl. The number of carbonyl (C=O) groups excluding carboxylic acids is 1. The number of hydrogen-bond donors (Lipinski definition) is 1. The normalized spacial score (nSPS) is 11.9. The smallest absolute Gasteiger partial charge is 0.277 e. The van der Waals surface area contributed by atoms with E-state index in [0.717, 1.165) is 43.3 Å². The number of unbranched alkanes of at least 4 members (excludes halogenated alkanes) is 9. The zero-order chi connectivity index (χ0) is 43.0. The van der Waals surface area contributed by atoms with Gasteiger partial charge in [0.2, 0.25) is 6.40 Å². The van der Waals surface area contributed by atoms with Gasteiger partial charge < -0.3 is 15.0 Å². The quantitative estimate of drug-likeness (QED) is 0.0174. The van der Waals surface area contributed by atoms with Crippen LogP contribution in [-0.2, 0) is 28.7 Å². The van der Waals surface area contributed by atoms with Crippen LogP contribution in [0.5, 0.6) is 0 Å². The lowest BCUT2D eigenvalue weighted by Gasteiger charge is -2.19. The van der Waals surface area contributed by atoms with Crippen molar-refractivity contribution in [3.8, 4) is 0 Å². The number of halogens is 2. The molecule has 0 aliphatic rings. The van der Waals surface area contributed by atoms with Crippen LogP contribution in [0.4, 0.5) is 22.7 Å². The Labute approximate surface area is 357 Å². The first-order valence-corrected chi connectivity index (χ1v) is 22.5. The molecular formula is C41H55Cl2N5O8S2. The zero-order valence-corrected chi connectivity index (χ0v) is 37.7. The number of aryl methyl sites for hydroxylation is 1. The number of ether oxygens (including phenoxy) is 1. The number of aliphatic imine (C=N–C) groups is 1. The van der Waals surface area contributed by atoms with Crippen LogP contribution in [0.3, 0.4) is 0 Å². The van der Waals surface area contributed by atoms with Crippen LogP contribution in [0, 0.1) is 37.8 Å². The van der Waals surface area contributed by atoms with Gasteiger partial charge in [-0.1, -0.05) is 92.2 Å². The predicted octanol–water partition coefficient (Wildman–Crippen LogP) is 11.6. The van der Waals surface area contributed by atoms with Crippen molar-refractivity contribution in [2.24, 2.45) is 10.1 Å². The number of nitrogens with one attached hydrogen (secondary N) is 1. The van der Waals surface area contributed by atoms with Crippen LogP contribution in [0.2, 0.25) is 10.0 Å². The maximum Gasteiger partial charge on any atom is 0.277 e. The Bertz CT molecular complexity index is 2080.